The number of amides is 2. The normalized spacial score (nSPS) is 12.8. The number of nitrogens with one attached hydrogen (secondary N) is 3. The number of carbonyl (C=O) groups is 2. The molecule has 0 atom stereocenters. The highest BCUT2D eigenvalue weighted by Gasteiger charge is 2.18. The van der Waals surface area contributed by atoms with Crippen LogP contribution < -0.4 is 15.5 Å². The number of ether oxygens (including phenoxy) is 1. The van der Waals surface area contributed by atoms with Crippen LogP contribution in [0.25, 0.3) is 0 Å². The second-order valence-electron chi connectivity index (χ2n) is 7.17. The van der Waals surface area contributed by atoms with Crippen LogP contribution in [0.2, 0.25) is 5.02 Å². The second kappa shape index (κ2) is 12.6. The topological polar surface area (TPSA) is 112 Å². The fraction of sp³-hybridized carbons (Fsp3) is 0.238. The number of benzene rings is 1. The van der Waals surface area contributed by atoms with Crippen LogP contribution in [0.3, 0.4) is 0 Å². The number of H-pyrrole nitrogens is 1. The quantitative estimate of drug-likeness (QED) is 0.405. The molecule has 1 aliphatic heterocycles. The van der Waals surface area contributed by atoms with Crippen molar-refractivity contribution in [2.24, 2.45) is 0 Å². The van der Waals surface area contributed by atoms with E-state index in [0.717, 1.165) is 24.5 Å². The number of pyridine rings is 1. The van der Waals surface area contributed by atoms with E-state index in [9.17, 15) is 18.4 Å². The highest BCUT2D eigenvalue weighted by atomic mass is 35.5. The molecule has 14 heteroatoms. The Balaban J connectivity index is 0.00000216. The van der Waals surface area contributed by atoms with Gasteiger partial charge in [0.15, 0.2) is 17.5 Å². The summed E-state index contributed by atoms with van der Waals surface area (Å²) in [5.41, 5.74) is 0.638. The van der Waals surface area contributed by atoms with Crippen molar-refractivity contribution >= 4 is 59.9 Å². The largest absolute Gasteiger partial charge is 0.378 e. The lowest BCUT2D eigenvalue weighted by Gasteiger charge is -2.27. The van der Waals surface area contributed by atoms with Gasteiger partial charge in [0.2, 0.25) is 0 Å². The number of aromatic amines is 1. The van der Waals surface area contributed by atoms with Crippen LogP contribution in [-0.2, 0) is 11.3 Å². The van der Waals surface area contributed by atoms with Crippen molar-refractivity contribution in [1.82, 2.24) is 20.5 Å². The van der Waals surface area contributed by atoms with Crippen molar-refractivity contribution in [1.29, 1.82) is 0 Å². The highest BCUT2D eigenvalue weighted by molar-refractivity contribution is 6.34. The summed E-state index contributed by atoms with van der Waals surface area (Å²) in [7, 11) is 0. The molecule has 35 heavy (non-hydrogen) atoms. The van der Waals surface area contributed by atoms with Gasteiger partial charge in [0.05, 0.1) is 23.8 Å². The fourth-order valence-electron chi connectivity index (χ4n) is 3.16. The molecular weight excluding hydrogens is 529 g/mol. The molecule has 0 bridgehead atoms. The lowest BCUT2D eigenvalue weighted by Crippen LogP contribution is -2.36. The van der Waals surface area contributed by atoms with E-state index < -0.39 is 23.4 Å². The van der Waals surface area contributed by atoms with Crippen molar-refractivity contribution < 1.29 is 23.1 Å². The molecule has 3 N–H and O–H groups in total. The maximum absolute atomic E-state index is 13.4. The number of nitrogens with zero attached hydrogens (tertiary/aromatic N) is 3. The van der Waals surface area contributed by atoms with E-state index in [-0.39, 0.29) is 53.5 Å². The van der Waals surface area contributed by atoms with Crippen molar-refractivity contribution in [3.05, 3.63) is 70.0 Å². The third kappa shape index (κ3) is 7.01. The van der Waals surface area contributed by atoms with E-state index in [1.165, 1.54) is 6.07 Å². The van der Waals surface area contributed by atoms with E-state index in [1.54, 1.807) is 6.20 Å². The zero-order valence-electron chi connectivity index (χ0n) is 18.0. The molecule has 2 aromatic heterocycles. The van der Waals surface area contributed by atoms with Gasteiger partial charge in [-0.25, -0.2) is 13.8 Å². The minimum Gasteiger partial charge on any atom is -0.378 e. The van der Waals surface area contributed by atoms with Crippen molar-refractivity contribution in [2.75, 3.05) is 36.5 Å². The lowest BCUT2D eigenvalue weighted by atomic mass is 10.2. The average Bonchev–Trinajstić information content (AvgIpc) is 3.29. The van der Waals surface area contributed by atoms with E-state index >= 15 is 0 Å². The highest BCUT2D eigenvalue weighted by Crippen LogP contribution is 2.21. The number of aromatic nitrogens is 3. The maximum Gasteiger partial charge on any atom is 0.269 e. The molecule has 1 aliphatic rings. The molecule has 3 aromatic rings. The van der Waals surface area contributed by atoms with Crippen LogP contribution in [0.5, 0.6) is 0 Å². The monoisotopic (exact) mass is 548 g/mol. The Kier molecular flexibility index (Phi) is 10.2. The van der Waals surface area contributed by atoms with Crippen LogP contribution >= 0.6 is 36.4 Å². The molecule has 1 fully saturated rings. The van der Waals surface area contributed by atoms with Crippen molar-refractivity contribution in [3.8, 4) is 0 Å². The zero-order valence-corrected chi connectivity index (χ0v) is 20.4. The summed E-state index contributed by atoms with van der Waals surface area (Å²) < 4.78 is 31.9. The third-order valence-corrected chi connectivity index (χ3v) is 5.23. The van der Waals surface area contributed by atoms with Gasteiger partial charge in [-0.15, -0.1) is 24.8 Å². The van der Waals surface area contributed by atoms with E-state index in [0.29, 0.717) is 25.3 Å². The SMILES string of the molecule is Cl.Cl.O=C(NCc1ccc(N2CCOCC2)nc1)c1cc(NC(=O)c2cc(F)c(F)cc2Cl)n[nH]1. The van der Waals surface area contributed by atoms with Crippen LogP contribution in [0, 0.1) is 11.6 Å². The summed E-state index contributed by atoms with van der Waals surface area (Å²) in [6.07, 6.45) is 1.69. The molecule has 0 radical (unpaired) electrons. The molecule has 188 valence electrons. The molecular formula is C21H21Cl3F2N6O3. The van der Waals surface area contributed by atoms with Gasteiger partial charge in [0.1, 0.15) is 11.5 Å². The molecule has 3 heterocycles. The number of anilines is 2. The Morgan fingerprint density at radius 3 is 2.49 bits per heavy atom. The van der Waals surface area contributed by atoms with E-state index in [4.69, 9.17) is 16.3 Å². The van der Waals surface area contributed by atoms with Gasteiger partial charge < -0.3 is 20.3 Å². The lowest BCUT2D eigenvalue weighted by molar-refractivity contribution is 0.0945. The first-order chi connectivity index (χ1) is 15.9. The Hall–Kier alpha value is -2.99. The minimum absolute atomic E-state index is 0. The summed E-state index contributed by atoms with van der Waals surface area (Å²) in [5.74, 6) is -2.76. The predicted octanol–water partition coefficient (Wildman–Crippen LogP) is 3.60. The van der Waals surface area contributed by atoms with Gasteiger partial charge in [-0.2, -0.15) is 5.10 Å². The number of morpholine rings is 1. The number of rotatable bonds is 6. The summed E-state index contributed by atoms with van der Waals surface area (Å²) in [4.78, 5) is 31.2. The van der Waals surface area contributed by atoms with Crippen LogP contribution in [0.15, 0.2) is 36.5 Å². The summed E-state index contributed by atoms with van der Waals surface area (Å²) in [6, 6.07) is 6.46. The molecule has 4 rings (SSSR count). The van der Waals surface area contributed by atoms with Gasteiger partial charge in [0.25, 0.3) is 11.8 Å². The number of halogens is 5. The van der Waals surface area contributed by atoms with Crippen molar-refractivity contribution in [2.45, 2.75) is 6.54 Å². The molecule has 1 saturated heterocycles. The Bertz CT molecular complexity index is 1170. The van der Waals surface area contributed by atoms with Gasteiger partial charge in [-0.05, 0) is 23.8 Å². The summed E-state index contributed by atoms with van der Waals surface area (Å²) in [6.45, 7) is 3.13. The van der Waals surface area contributed by atoms with Crippen LogP contribution in [-0.4, -0.2) is 53.3 Å². The van der Waals surface area contributed by atoms with E-state index in [1.807, 2.05) is 12.1 Å². The van der Waals surface area contributed by atoms with Crippen LogP contribution in [0.1, 0.15) is 26.4 Å². The standard InChI is InChI=1S/C21H19ClF2N6O3.2ClH/c22-14-8-16(24)15(23)7-13(14)20(31)27-18-9-17(28-29-18)21(32)26-11-12-1-2-19(25-10-12)30-3-5-33-6-4-30;;/h1-2,7-10H,3-6,11H2,(H,26,32)(H2,27,28,29,31);2*1H. The molecule has 1 aromatic carbocycles. The first kappa shape index (κ1) is 28.2. The maximum atomic E-state index is 13.4. The van der Waals surface area contributed by atoms with Crippen LogP contribution in [0.4, 0.5) is 20.4 Å². The fourth-order valence-corrected chi connectivity index (χ4v) is 3.40. The van der Waals surface area contributed by atoms with Gasteiger partial charge >= 0.3 is 0 Å². The Labute approximate surface area is 216 Å². The Morgan fingerprint density at radius 1 is 1.09 bits per heavy atom. The first-order valence-corrected chi connectivity index (χ1v) is 10.4. The molecule has 0 unspecified atom stereocenters. The molecule has 2 amide bonds. The van der Waals surface area contributed by atoms with Gasteiger partial charge in [-0.1, -0.05) is 17.7 Å². The molecule has 0 saturated carbocycles. The first-order valence-electron chi connectivity index (χ1n) is 9.98. The van der Waals surface area contributed by atoms with E-state index in [2.05, 4.69) is 30.7 Å². The molecule has 9 nitrogen and oxygen atoms in total. The average molecular weight is 550 g/mol. The number of hydrogen-bond donors (Lipinski definition) is 3. The number of carbonyl (C=O) groups excluding carboxylic acids is 2. The minimum atomic E-state index is -1.21. The summed E-state index contributed by atoms with van der Waals surface area (Å²) >= 11 is 5.80. The molecule has 0 aliphatic carbocycles. The van der Waals surface area contributed by atoms with Gasteiger partial charge in [-0.3, -0.25) is 14.7 Å². The second-order valence-corrected chi connectivity index (χ2v) is 7.58. The molecule has 0 spiro atoms. The van der Waals surface area contributed by atoms with Crippen molar-refractivity contribution in [3.63, 3.8) is 0 Å². The smallest absolute Gasteiger partial charge is 0.269 e. The summed E-state index contributed by atoms with van der Waals surface area (Å²) in [5, 5.41) is 11.2. The van der Waals surface area contributed by atoms with Gasteiger partial charge in [0, 0.05) is 31.9 Å². The number of hydrogen-bond acceptors (Lipinski definition) is 6. The third-order valence-electron chi connectivity index (χ3n) is 4.92. The Morgan fingerprint density at radius 2 is 1.80 bits per heavy atom. The predicted molar refractivity (Wildman–Crippen MR) is 131 cm³/mol. The zero-order chi connectivity index (χ0) is 23.4.